The molecular weight excluding hydrogens is 1050 g/mol. The number of fused-ring (bicyclic) bond motifs is 6. The van der Waals surface area contributed by atoms with Crippen molar-refractivity contribution >= 4 is 95.4 Å². The van der Waals surface area contributed by atoms with Crippen molar-refractivity contribution in [1.82, 2.24) is 0 Å². The van der Waals surface area contributed by atoms with E-state index in [1.807, 2.05) is 13.1 Å². The predicted octanol–water partition coefficient (Wildman–Crippen LogP) is 3.52. The summed E-state index contributed by atoms with van der Waals surface area (Å²) in [5.41, 5.74) is -0.288. The molecule has 0 amide bonds. The normalized spacial score (nSPS) is 26.9. The zero-order valence-electron chi connectivity index (χ0n) is 42.0. The second-order valence-corrected chi connectivity index (χ2v) is 23.2. The zero-order valence-corrected chi connectivity index (χ0v) is 44.6. The fourth-order valence-electron chi connectivity index (χ4n) is 9.81. The first-order valence-corrected chi connectivity index (χ1v) is 27.0. The van der Waals surface area contributed by atoms with Gasteiger partial charge in [0, 0.05) is 72.1 Å². The largest absolute Gasteiger partial charge is 0.463 e. The van der Waals surface area contributed by atoms with Crippen LogP contribution >= 0.6 is 23.2 Å². The molecule has 0 radical (unpaired) electrons. The molecule has 2 fully saturated rings. The first-order valence-electron chi connectivity index (χ1n) is 23.2. The van der Waals surface area contributed by atoms with E-state index >= 15 is 0 Å². The molecule has 25 heteroatoms. The van der Waals surface area contributed by atoms with Gasteiger partial charge in [-0.25, -0.2) is 4.79 Å². The molecule has 3 aromatic rings. The van der Waals surface area contributed by atoms with Crippen molar-refractivity contribution in [3.05, 3.63) is 80.8 Å². The average Bonchev–Trinajstić information content (AvgIpc) is 3.61. The second-order valence-electron chi connectivity index (χ2n) is 18.2. The Morgan fingerprint density at radius 1 is 0.493 bits per heavy atom. The monoisotopic (exact) mass is 1100 g/mol. The molecule has 7 rings (SSSR count). The highest BCUT2D eigenvalue weighted by Crippen LogP contribution is 2.52. The van der Waals surface area contributed by atoms with Crippen LogP contribution in [0, 0.1) is 0 Å². The Balaban J connectivity index is 1.39. The van der Waals surface area contributed by atoms with Crippen LogP contribution in [0.25, 0.3) is 0 Å². The summed E-state index contributed by atoms with van der Waals surface area (Å²) in [6.07, 6.45) is -15.6. The molecule has 0 aromatic heterocycles. The van der Waals surface area contributed by atoms with Crippen molar-refractivity contribution in [2.45, 2.75) is 135 Å². The van der Waals surface area contributed by atoms with E-state index in [0.717, 1.165) is 55.4 Å². The maximum atomic E-state index is 14.0. The first-order chi connectivity index (χ1) is 35.3. The second kappa shape index (κ2) is 22.2. The van der Waals surface area contributed by atoms with Gasteiger partial charge in [-0.05, 0) is 28.6 Å². The predicted molar refractivity (Wildman–Crippen MR) is 257 cm³/mol. The topological polar surface area (TPSA) is 274 Å². The molecule has 75 heavy (non-hydrogen) atoms. The van der Waals surface area contributed by atoms with Gasteiger partial charge in [0.05, 0.1) is 15.6 Å². The molecule has 402 valence electrons. The number of hydrogen-bond donors (Lipinski definition) is 0. The van der Waals surface area contributed by atoms with Crippen LogP contribution in [0.4, 0.5) is 0 Å². The molecule has 22 nitrogen and oxygen atoms in total. The average molecular weight is 1100 g/mol. The minimum absolute atomic E-state index is 0.0653. The Bertz CT molecular complexity index is 2680. The van der Waals surface area contributed by atoms with Gasteiger partial charge in [0.2, 0.25) is 24.8 Å². The lowest BCUT2D eigenvalue weighted by Crippen LogP contribution is -2.65. The Hall–Kier alpha value is -6.79. The zero-order chi connectivity index (χ0) is 55.0. The molecule has 3 aromatic carbocycles. The van der Waals surface area contributed by atoms with Crippen molar-refractivity contribution in [1.29, 1.82) is 0 Å². The van der Waals surface area contributed by atoms with Gasteiger partial charge in [0.15, 0.2) is 30.0 Å². The minimum Gasteiger partial charge on any atom is -0.463 e. The van der Waals surface area contributed by atoms with Crippen LogP contribution in [0.5, 0.6) is 11.5 Å². The molecule has 0 bridgehead atoms. The van der Waals surface area contributed by atoms with Crippen molar-refractivity contribution < 1.29 is 105 Å². The Morgan fingerprint density at radius 3 is 1.23 bits per heavy atom. The van der Waals surface area contributed by atoms with Gasteiger partial charge in [0.1, 0.15) is 45.0 Å². The SMILES string of the molecule is CC(=O)OC[C@H]1O[C@@H](Oc2ccc3c(c2Cl)[Si](C)(C)c2c(ccc(O[C@@H]4O[C@H](COC(C)=O)[C@H](OC(C)=O)[C@H](OC(C)=O)[C@H]4OC(C)=O)c2Cl)C32OC(=O)c3ccccc32)[C@H](OC(C)=O)[C@@H](OC(C)=O)[C@H]1OC(C)=O. The van der Waals surface area contributed by atoms with E-state index in [1.54, 1.807) is 36.4 Å². The number of rotatable bonds is 14. The van der Waals surface area contributed by atoms with Gasteiger partial charge in [0.25, 0.3) is 0 Å². The number of benzene rings is 3. The van der Waals surface area contributed by atoms with Crippen molar-refractivity contribution in [2.24, 2.45) is 0 Å². The van der Waals surface area contributed by atoms with Gasteiger partial charge in [-0.3, -0.25) is 38.4 Å². The lowest BCUT2D eigenvalue weighted by molar-refractivity contribution is -0.288. The molecule has 2 saturated heterocycles. The fourth-order valence-corrected chi connectivity index (χ4v) is 15.1. The lowest BCUT2D eigenvalue weighted by atomic mass is 9.79. The van der Waals surface area contributed by atoms with Crippen LogP contribution in [0.1, 0.15) is 82.4 Å². The van der Waals surface area contributed by atoms with E-state index in [2.05, 4.69) is 0 Å². The maximum absolute atomic E-state index is 14.0. The first kappa shape index (κ1) is 55.9. The number of ether oxygens (including phenoxy) is 13. The highest BCUT2D eigenvalue weighted by molar-refractivity contribution is 7.03. The highest BCUT2D eigenvalue weighted by atomic mass is 35.5. The summed E-state index contributed by atoms with van der Waals surface area (Å²) in [6, 6.07) is 12.9. The number of hydrogen-bond acceptors (Lipinski definition) is 22. The molecule has 10 atom stereocenters. The van der Waals surface area contributed by atoms with E-state index in [1.165, 1.54) is 12.1 Å². The lowest BCUT2D eigenvalue weighted by Gasteiger charge is -2.46. The van der Waals surface area contributed by atoms with Crippen LogP contribution in [0.15, 0.2) is 48.5 Å². The molecule has 0 N–H and O–H groups in total. The van der Waals surface area contributed by atoms with Gasteiger partial charge in [-0.2, -0.15) is 0 Å². The van der Waals surface area contributed by atoms with Crippen molar-refractivity contribution in [3.63, 3.8) is 0 Å². The van der Waals surface area contributed by atoms with E-state index in [4.69, 9.17) is 84.8 Å². The van der Waals surface area contributed by atoms with Crippen LogP contribution in [0.3, 0.4) is 0 Å². The Kier molecular flexibility index (Phi) is 16.6. The summed E-state index contributed by atoms with van der Waals surface area (Å²) in [6.45, 7) is 11.4. The van der Waals surface area contributed by atoms with E-state index in [0.29, 0.717) is 27.1 Å². The fraction of sp³-hybridized carbons (Fsp3) is 0.460. The molecule has 4 aliphatic heterocycles. The molecule has 4 heterocycles. The Labute approximate surface area is 439 Å². The quantitative estimate of drug-likeness (QED) is 0.127. The van der Waals surface area contributed by atoms with Crippen molar-refractivity contribution in [3.8, 4) is 11.5 Å². The number of carbonyl (C=O) groups excluding carboxylic acids is 9. The van der Waals surface area contributed by atoms with Crippen molar-refractivity contribution in [2.75, 3.05) is 13.2 Å². The van der Waals surface area contributed by atoms with Gasteiger partial charge in [-0.1, -0.05) is 66.6 Å². The molecule has 0 aliphatic carbocycles. The van der Waals surface area contributed by atoms with Gasteiger partial charge < -0.3 is 61.6 Å². The summed E-state index contributed by atoms with van der Waals surface area (Å²) in [5, 5.41) is 0.667. The molecule has 0 saturated carbocycles. The maximum Gasteiger partial charge on any atom is 0.340 e. The molecule has 0 unspecified atom stereocenters. The molecule has 1 spiro atoms. The minimum atomic E-state index is -3.48. The third kappa shape index (κ3) is 11.3. The molecular formula is C50H52Cl2O22Si. The Morgan fingerprint density at radius 2 is 0.853 bits per heavy atom. The van der Waals surface area contributed by atoms with Crippen LogP contribution < -0.4 is 19.8 Å². The van der Waals surface area contributed by atoms with Crippen LogP contribution in [-0.4, -0.2) is 136 Å². The summed E-state index contributed by atoms with van der Waals surface area (Å²) in [4.78, 5) is 114. The number of esters is 9. The standard InChI is InChI=1S/C50H52Cl2O22Si/c1-21(53)62-19-35-39(64-23(3)55)41(66-25(5)57)43(68-27(7)59)48(72-35)70-33-17-15-31-45(37(33)51)75(9,10)46-32(50(31)30-14-12-11-13-29(30)47(61)74-50)16-18-34(38(46)52)71-49-44(69-28(8)60)42(67-26(6)58)40(65-24(4)56)36(73-49)20-63-22(2)54/h11-18,35-36,39-44,48-49H,19-20H2,1-10H3/t35-,36-,39+,40+,41+,42+,43-,44-,48-,49-/m1/s1. The third-order valence-corrected chi connectivity index (χ3v) is 17.0. The highest BCUT2D eigenvalue weighted by Gasteiger charge is 2.60. The molecule has 4 aliphatic rings. The van der Waals surface area contributed by atoms with Gasteiger partial charge in [-0.15, -0.1) is 0 Å². The van der Waals surface area contributed by atoms with E-state index < -0.39 is 142 Å². The summed E-state index contributed by atoms with van der Waals surface area (Å²) in [5.74, 6) is -7.54. The summed E-state index contributed by atoms with van der Waals surface area (Å²) >= 11 is 15.1. The van der Waals surface area contributed by atoms with Crippen LogP contribution in [-0.2, 0) is 96.1 Å². The van der Waals surface area contributed by atoms with E-state index in [9.17, 15) is 43.2 Å². The summed E-state index contributed by atoms with van der Waals surface area (Å²) < 4.78 is 76.0. The smallest absolute Gasteiger partial charge is 0.340 e. The van der Waals surface area contributed by atoms with Gasteiger partial charge >= 0.3 is 53.7 Å². The van der Waals surface area contributed by atoms with Crippen LogP contribution in [0.2, 0.25) is 23.1 Å². The number of halogens is 2. The summed E-state index contributed by atoms with van der Waals surface area (Å²) in [7, 11) is -3.48. The number of carbonyl (C=O) groups is 9. The van der Waals surface area contributed by atoms with E-state index in [-0.39, 0.29) is 27.1 Å². The third-order valence-electron chi connectivity index (χ3n) is 12.4.